The van der Waals surface area contributed by atoms with Crippen LogP contribution >= 0.6 is 12.2 Å². The molecule has 0 aliphatic rings. The van der Waals surface area contributed by atoms with E-state index in [2.05, 4.69) is 20.0 Å². The fourth-order valence-corrected chi connectivity index (χ4v) is 2.93. The second-order valence-electron chi connectivity index (χ2n) is 3.78. The molecule has 0 saturated carbocycles. The van der Waals surface area contributed by atoms with Gasteiger partial charge in [-0.15, -0.1) is 5.10 Å². The molecule has 0 aliphatic carbocycles. The van der Waals surface area contributed by atoms with Gasteiger partial charge in [-0.3, -0.25) is 9.67 Å². The van der Waals surface area contributed by atoms with Gasteiger partial charge >= 0.3 is 0 Å². The second-order valence-corrected chi connectivity index (χ2v) is 5.95. The van der Waals surface area contributed by atoms with Crippen molar-refractivity contribution in [1.29, 1.82) is 0 Å². The highest BCUT2D eigenvalue weighted by molar-refractivity contribution is 7.89. The molecule has 20 heavy (non-hydrogen) atoms. The van der Waals surface area contributed by atoms with Crippen molar-refractivity contribution < 1.29 is 8.42 Å². The summed E-state index contributed by atoms with van der Waals surface area (Å²) in [7, 11) is -3.73. The van der Waals surface area contributed by atoms with Gasteiger partial charge in [-0.25, -0.2) is 13.1 Å². The van der Waals surface area contributed by atoms with Crippen molar-refractivity contribution >= 4 is 27.2 Å². The molecule has 2 heterocycles. The number of nitrogens with two attached hydrogens (primary N) is 1. The molecule has 10 heteroatoms. The van der Waals surface area contributed by atoms with Gasteiger partial charge in [0.05, 0.1) is 12.7 Å². The second kappa shape index (κ2) is 6.03. The summed E-state index contributed by atoms with van der Waals surface area (Å²) in [6.45, 7) is 0.527. The Labute approximate surface area is 121 Å². The third kappa shape index (κ3) is 3.35. The lowest BCUT2D eigenvalue weighted by Crippen LogP contribution is -2.30. The highest BCUT2D eigenvalue weighted by Crippen LogP contribution is 2.12. The Balaban J connectivity index is 2.12. The first-order valence-electron chi connectivity index (χ1n) is 5.59. The van der Waals surface area contributed by atoms with E-state index >= 15 is 0 Å². The largest absolute Gasteiger partial charge is 0.388 e. The lowest BCUT2D eigenvalue weighted by molar-refractivity contribution is 0.552. The summed E-state index contributed by atoms with van der Waals surface area (Å²) in [6, 6.07) is 2.91. The first-order chi connectivity index (χ1) is 9.50. The summed E-state index contributed by atoms with van der Waals surface area (Å²) in [5.74, 6) is 0. The number of aromatic nitrogens is 4. The molecule has 3 N–H and O–H groups in total. The molecule has 0 saturated heterocycles. The van der Waals surface area contributed by atoms with E-state index in [9.17, 15) is 8.42 Å². The SMILES string of the molecule is NC(=S)c1ncccc1S(=O)(=O)NCCn1ccnn1. The van der Waals surface area contributed by atoms with E-state index in [0.29, 0.717) is 6.54 Å². The van der Waals surface area contributed by atoms with Crippen molar-refractivity contribution in [3.63, 3.8) is 0 Å². The maximum Gasteiger partial charge on any atom is 0.242 e. The first kappa shape index (κ1) is 14.5. The summed E-state index contributed by atoms with van der Waals surface area (Å²) in [5.41, 5.74) is 5.55. The van der Waals surface area contributed by atoms with Crippen molar-refractivity contribution in [3.05, 3.63) is 36.4 Å². The molecule has 0 aromatic carbocycles. The van der Waals surface area contributed by atoms with E-state index < -0.39 is 10.0 Å². The fraction of sp³-hybridized carbons (Fsp3) is 0.200. The van der Waals surface area contributed by atoms with Crippen LogP contribution in [0, 0.1) is 0 Å². The summed E-state index contributed by atoms with van der Waals surface area (Å²) in [5, 5.41) is 7.36. The predicted octanol–water partition coefficient (Wildman–Crippen LogP) is -0.714. The van der Waals surface area contributed by atoms with E-state index in [1.54, 1.807) is 6.20 Å². The molecule has 2 aromatic rings. The van der Waals surface area contributed by atoms with Gasteiger partial charge in [0.25, 0.3) is 0 Å². The van der Waals surface area contributed by atoms with Crippen LogP contribution in [-0.4, -0.2) is 39.9 Å². The van der Waals surface area contributed by atoms with Gasteiger partial charge in [-0.1, -0.05) is 17.4 Å². The summed E-state index contributed by atoms with van der Waals surface area (Å²) >= 11 is 4.80. The molecule has 8 nitrogen and oxygen atoms in total. The van der Waals surface area contributed by atoms with Crippen LogP contribution in [-0.2, 0) is 16.6 Å². The minimum Gasteiger partial charge on any atom is -0.388 e. The molecule has 0 atom stereocenters. The molecule has 2 aromatic heterocycles. The van der Waals surface area contributed by atoms with Crippen LogP contribution in [0.5, 0.6) is 0 Å². The Morgan fingerprint density at radius 2 is 2.25 bits per heavy atom. The number of rotatable bonds is 6. The van der Waals surface area contributed by atoms with E-state index in [1.807, 2.05) is 0 Å². The van der Waals surface area contributed by atoms with Gasteiger partial charge in [0.2, 0.25) is 10.0 Å². The smallest absolute Gasteiger partial charge is 0.242 e. The van der Waals surface area contributed by atoms with Gasteiger partial charge in [-0.2, -0.15) is 0 Å². The molecule has 0 radical (unpaired) electrons. The van der Waals surface area contributed by atoms with E-state index in [0.717, 1.165) is 0 Å². The number of hydrogen-bond donors (Lipinski definition) is 2. The average molecular weight is 312 g/mol. The van der Waals surface area contributed by atoms with E-state index in [1.165, 1.54) is 29.2 Å². The molecule has 0 unspecified atom stereocenters. The number of thiocarbonyl (C=S) groups is 1. The maximum absolute atomic E-state index is 12.2. The Morgan fingerprint density at radius 1 is 1.45 bits per heavy atom. The zero-order valence-corrected chi connectivity index (χ0v) is 11.9. The van der Waals surface area contributed by atoms with Crippen molar-refractivity contribution in [1.82, 2.24) is 24.7 Å². The topological polar surface area (TPSA) is 116 Å². The number of sulfonamides is 1. The molecular weight excluding hydrogens is 300 g/mol. The van der Waals surface area contributed by atoms with Crippen LogP contribution in [0.3, 0.4) is 0 Å². The van der Waals surface area contributed by atoms with Crippen LogP contribution < -0.4 is 10.5 Å². The van der Waals surface area contributed by atoms with Crippen molar-refractivity contribution in [3.8, 4) is 0 Å². The Kier molecular flexibility index (Phi) is 4.37. The van der Waals surface area contributed by atoms with Gasteiger partial charge < -0.3 is 5.73 Å². The van der Waals surface area contributed by atoms with Crippen molar-refractivity contribution in [2.75, 3.05) is 6.54 Å². The average Bonchev–Trinajstić information content (AvgIpc) is 2.91. The third-order valence-electron chi connectivity index (χ3n) is 2.40. The minimum atomic E-state index is -3.73. The number of nitrogens with zero attached hydrogens (tertiary/aromatic N) is 4. The molecule has 0 spiro atoms. The van der Waals surface area contributed by atoms with Crippen molar-refractivity contribution in [2.45, 2.75) is 11.4 Å². The molecule has 0 fully saturated rings. The highest BCUT2D eigenvalue weighted by Gasteiger charge is 2.20. The molecule has 0 amide bonds. The van der Waals surface area contributed by atoms with Crippen molar-refractivity contribution in [2.24, 2.45) is 5.73 Å². The van der Waals surface area contributed by atoms with Gasteiger partial charge in [0, 0.05) is 18.9 Å². The number of pyridine rings is 1. The van der Waals surface area contributed by atoms with E-state index in [4.69, 9.17) is 18.0 Å². The quantitative estimate of drug-likeness (QED) is 0.677. The number of nitrogens with one attached hydrogen (secondary N) is 1. The van der Waals surface area contributed by atoms with Gasteiger partial charge in [0.15, 0.2) is 0 Å². The zero-order valence-electron chi connectivity index (χ0n) is 10.3. The molecule has 2 rings (SSSR count). The Morgan fingerprint density at radius 3 is 2.90 bits per heavy atom. The summed E-state index contributed by atoms with van der Waals surface area (Å²) < 4.78 is 28.3. The van der Waals surface area contributed by atoms with Crippen LogP contribution in [0.1, 0.15) is 5.69 Å². The minimum absolute atomic E-state index is 0.0360. The first-order valence-corrected chi connectivity index (χ1v) is 7.48. The van der Waals surface area contributed by atoms with Crippen LogP contribution in [0.4, 0.5) is 0 Å². The molecule has 0 aliphatic heterocycles. The summed E-state index contributed by atoms with van der Waals surface area (Å²) in [6.07, 6.45) is 4.59. The van der Waals surface area contributed by atoms with Gasteiger partial charge in [-0.05, 0) is 12.1 Å². The van der Waals surface area contributed by atoms with Gasteiger partial charge in [0.1, 0.15) is 15.6 Å². The van der Waals surface area contributed by atoms with Crippen LogP contribution in [0.15, 0.2) is 35.6 Å². The molecule has 106 valence electrons. The lowest BCUT2D eigenvalue weighted by atomic mass is 10.3. The maximum atomic E-state index is 12.2. The Bertz CT molecular complexity index is 698. The summed E-state index contributed by atoms with van der Waals surface area (Å²) in [4.78, 5) is 3.79. The fourth-order valence-electron chi connectivity index (χ4n) is 1.52. The predicted molar refractivity (Wildman–Crippen MR) is 75.3 cm³/mol. The molecule has 0 bridgehead atoms. The normalized spacial score (nSPS) is 11.4. The zero-order chi connectivity index (χ0) is 14.6. The number of hydrogen-bond acceptors (Lipinski definition) is 6. The standard InChI is InChI=1S/C10H12N6O2S2/c11-10(19)9-8(2-1-3-12-9)20(17,18)14-5-7-16-6-4-13-15-16/h1-4,6,14H,5,7H2,(H2,11,19). The Hall–Kier alpha value is -1.91. The highest BCUT2D eigenvalue weighted by atomic mass is 32.2. The lowest BCUT2D eigenvalue weighted by Gasteiger charge is -2.09. The third-order valence-corrected chi connectivity index (χ3v) is 4.08. The van der Waals surface area contributed by atoms with Crippen LogP contribution in [0.2, 0.25) is 0 Å². The molecular formula is C10H12N6O2S2. The van der Waals surface area contributed by atoms with E-state index in [-0.39, 0.29) is 22.1 Å². The monoisotopic (exact) mass is 312 g/mol. The van der Waals surface area contributed by atoms with Crippen LogP contribution in [0.25, 0.3) is 0 Å².